The van der Waals surface area contributed by atoms with E-state index in [2.05, 4.69) is 25.2 Å². The van der Waals surface area contributed by atoms with E-state index in [1.54, 1.807) is 12.1 Å². The lowest BCUT2D eigenvalue weighted by Crippen LogP contribution is -1.91. The Kier molecular flexibility index (Phi) is 1.36. The molecule has 0 unspecified atom stereocenters. The summed E-state index contributed by atoms with van der Waals surface area (Å²) < 4.78 is 1.30. The van der Waals surface area contributed by atoms with Crippen LogP contribution in [0.3, 0.4) is 0 Å². The van der Waals surface area contributed by atoms with Gasteiger partial charge in [0.25, 0.3) is 0 Å². The molecular weight excluding hydrogens is 158 g/mol. The second-order valence-electron chi connectivity index (χ2n) is 1.99. The molecule has 0 saturated carbocycles. The molecule has 0 aliphatic carbocycles. The van der Waals surface area contributed by atoms with Crippen LogP contribution in [0.2, 0.25) is 0 Å². The maximum Gasteiger partial charge on any atom is 0.176 e. The van der Waals surface area contributed by atoms with Crippen LogP contribution in [0.1, 0.15) is 0 Å². The standard InChI is InChI=1S/C5H3N7/c6-11-9-4-1-2-5-7-3-8-12(5)10-4/h1-3H. The number of fused-ring (bicyclic) bond motifs is 1. The van der Waals surface area contributed by atoms with Crippen molar-refractivity contribution in [2.45, 2.75) is 0 Å². The van der Waals surface area contributed by atoms with Crippen molar-refractivity contribution in [1.82, 2.24) is 19.8 Å². The first-order valence-electron chi connectivity index (χ1n) is 3.12. The van der Waals surface area contributed by atoms with Crippen LogP contribution in [0.15, 0.2) is 23.6 Å². The minimum Gasteiger partial charge on any atom is -0.213 e. The fraction of sp³-hybridized carbons (Fsp3) is 0. The average Bonchev–Trinajstić information content (AvgIpc) is 2.51. The molecular formula is C5H3N7. The van der Waals surface area contributed by atoms with E-state index < -0.39 is 0 Å². The summed E-state index contributed by atoms with van der Waals surface area (Å²) in [7, 11) is 0. The van der Waals surface area contributed by atoms with E-state index in [0.717, 1.165) is 0 Å². The third-order valence-corrected chi connectivity index (χ3v) is 1.28. The van der Waals surface area contributed by atoms with Crippen LogP contribution in [0.5, 0.6) is 0 Å². The highest BCUT2D eigenvalue weighted by Crippen LogP contribution is 2.06. The van der Waals surface area contributed by atoms with E-state index in [0.29, 0.717) is 5.65 Å². The Morgan fingerprint density at radius 1 is 1.50 bits per heavy atom. The first-order valence-corrected chi connectivity index (χ1v) is 3.12. The highest BCUT2D eigenvalue weighted by Gasteiger charge is 1.95. The molecule has 0 aliphatic heterocycles. The molecule has 0 fully saturated rings. The molecule has 58 valence electrons. The highest BCUT2D eigenvalue weighted by atomic mass is 15.5. The number of rotatable bonds is 1. The molecule has 0 bridgehead atoms. The van der Waals surface area contributed by atoms with Crippen LogP contribution in [-0.2, 0) is 0 Å². The summed E-state index contributed by atoms with van der Waals surface area (Å²) in [6, 6.07) is 3.24. The quantitative estimate of drug-likeness (QED) is 0.355. The molecule has 0 atom stereocenters. The van der Waals surface area contributed by atoms with Crippen molar-refractivity contribution in [1.29, 1.82) is 0 Å². The number of aromatic nitrogens is 4. The zero-order chi connectivity index (χ0) is 8.39. The van der Waals surface area contributed by atoms with E-state index in [9.17, 15) is 0 Å². The van der Waals surface area contributed by atoms with Crippen LogP contribution < -0.4 is 0 Å². The Balaban J connectivity index is 2.67. The van der Waals surface area contributed by atoms with E-state index in [-0.39, 0.29) is 5.82 Å². The second kappa shape index (κ2) is 2.48. The first kappa shape index (κ1) is 6.56. The minimum atomic E-state index is 0.274. The highest BCUT2D eigenvalue weighted by molar-refractivity contribution is 5.39. The van der Waals surface area contributed by atoms with Gasteiger partial charge in [-0.15, -0.1) is 14.8 Å². The monoisotopic (exact) mass is 161 g/mol. The predicted octanol–water partition coefficient (Wildman–Crippen LogP) is 1.07. The predicted molar refractivity (Wildman–Crippen MR) is 39.6 cm³/mol. The van der Waals surface area contributed by atoms with Crippen LogP contribution in [0.4, 0.5) is 5.82 Å². The SMILES string of the molecule is [N-]=[N+]=Nc1ccc2ncnn2n1. The zero-order valence-corrected chi connectivity index (χ0v) is 5.86. The molecule has 2 aromatic heterocycles. The van der Waals surface area contributed by atoms with Crippen LogP contribution in [-0.4, -0.2) is 19.8 Å². The average molecular weight is 161 g/mol. The fourth-order valence-electron chi connectivity index (χ4n) is 0.810. The summed E-state index contributed by atoms with van der Waals surface area (Å²) in [4.78, 5) is 6.47. The van der Waals surface area contributed by atoms with Gasteiger partial charge in [0.15, 0.2) is 5.65 Å². The summed E-state index contributed by atoms with van der Waals surface area (Å²) >= 11 is 0. The van der Waals surface area contributed by atoms with Gasteiger partial charge in [0.1, 0.15) is 12.1 Å². The summed E-state index contributed by atoms with van der Waals surface area (Å²) in [5.41, 5.74) is 8.73. The van der Waals surface area contributed by atoms with Crippen LogP contribution in [0.25, 0.3) is 16.1 Å². The van der Waals surface area contributed by atoms with E-state index in [1.807, 2.05) is 0 Å². The third-order valence-electron chi connectivity index (χ3n) is 1.28. The van der Waals surface area contributed by atoms with Crippen LogP contribution in [0, 0.1) is 0 Å². The Bertz CT molecular complexity index is 452. The number of hydrogen-bond donors (Lipinski definition) is 0. The van der Waals surface area contributed by atoms with Crippen molar-refractivity contribution in [3.05, 3.63) is 28.9 Å². The summed E-state index contributed by atoms with van der Waals surface area (Å²) in [6.07, 6.45) is 1.38. The number of azide groups is 1. The molecule has 7 nitrogen and oxygen atoms in total. The minimum absolute atomic E-state index is 0.274. The van der Waals surface area contributed by atoms with Crippen molar-refractivity contribution in [3.8, 4) is 0 Å². The Morgan fingerprint density at radius 2 is 2.42 bits per heavy atom. The lowest BCUT2D eigenvalue weighted by molar-refractivity contribution is 0.800. The third kappa shape index (κ3) is 0.938. The molecule has 0 saturated heterocycles. The van der Waals surface area contributed by atoms with Crippen molar-refractivity contribution in [2.75, 3.05) is 0 Å². The number of hydrogen-bond acceptors (Lipinski definition) is 4. The normalized spacial score (nSPS) is 9.67. The summed E-state index contributed by atoms with van der Waals surface area (Å²) in [6.45, 7) is 0. The molecule has 2 heterocycles. The maximum atomic E-state index is 8.12. The van der Waals surface area contributed by atoms with Gasteiger partial charge in [-0.25, -0.2) is 4.98 Å². The smallest absolute Gasteiger partial charge is 0.176 e. The van der Waals surface area contributed by atoms with Crippen LogP contribution >= 0.6 is 0 Å². The molecule has 0 amide bonds. The zero-order valence-electron chi connectivity index (χ0n) is 5.86. The lowest BCUT2D eigenvalue weighted by Gasteiger charge is -1.90. The van der Waals surface area contributed by atoms with Crippen molar-refractivity contribution in [2.24, 2.45) is 5.11 Å². The largest absolute Gasteiger partial charge is 0.213 e. The number of nitrogens with zero attached hydrogens (tertiary/aromatic N) is 7. The topological polar surface area (TPSA) is 91.8 Å². The van der Waals surface area contributed by atoms with Gasteiger partial charge in [0.05, 0.1) is 0 Å². The molecule has 0 aromatic carbocycles. The molecule has 0 N–H and O–H groups in total. The molecule has 0 radical (unpaired) electrons. The molecule has 7 heteroatoms. The second-order valence-corrected chi connectivity index (χ2v) is 1.99. The molecule has 0 aliphatic rings. The molecule has 2 aromatic rings. The van der Waals surface area contributed by atoms with Crippen molar-refractivity contribution >= 4 is 11.5 Å². The molecule has 12 heavy (non-hydrogen) atoms. The lowest BCUT2D eigenvalue weighted by atomic mass is 10.5. The van der Waals surface area contributed by atoms with Gasteiger partial charge in [0.2, 0.25) is 0 Å². The summed E-state index contributed by atoms with van der Waals surface area (Å²) in [5.74, 6) is 0.274. The fourth-order valence-corrected chi connectivity index (χ4v) is 0.810. The Morgan fingerprint density at radius 3 is 3.25 bits per heavy atom. The Labute approximate surface area is 66.3 Å². The summed E-state index contributed by atoms with van der Waals surface area (Å²) in [5, 5.41) is 10.9. The van der Waals surface area contributed by atoms with Gasteiger partial charge in [-0.3, -0.25) is 0 Å². The van der Waals surface area contributed by atoms with Crippen molar-refractivity contribution < 1.29 is 0 Å². The van der Waals surface area contributed by atoms with E-state index in [4.69, 9.17) is 5.53 Å². The van der Waals surface area contributed by atoms with Crippen molar-refractivity contribution in [3.63, 3.8) is 0 Å². The Hall–Kier alpha value is -2.14. The van der Waals surface area contributed by atoms with Gasteiger partial charge in [-0.1, -0.05) is 0 Å². The maximum absolute atomic E-state index is 8.12. The molecule has 2 rings (SSSR count). The van der Waals surface area contributed by atoms with Gasteiger partial charge in [0, 0.05) is 4.91 Å². The first-order chi connectivity index (χ1) is 5.90. The van der Waals surface area contributed by atoms with E-state index >= 15 is 0 Å². The van der Waals surface area contributed by atoms with Gasteiger partial charge in [-0.05, 0) is 22.8 Å². The van der Waals surface area contributed by atoms with Gasteiger partial charge >= 0.3 is 0 Å². The van der Waals surface area contributed by atoms with Gasteiger partial charge < -0.3 is 0 Å². The molecule has 0 spiro atoms. The van der Waals surface area contributed by atoms with E-state index in [1.165, 1.54) is 11.0 Å². The van der Waals surface area contributed by atoms with Gasteiger partial charge in [-0.2, -0.15) is 0 Å².